The summed E-state index contributed by atoms with van der Waals surface area (Å²) in [6.45, 7) is 0. The van der Waals surface area contributed by atoms with Crippen LogP contribution in [0.2, 0.25) is 0 Å². The summed E-state index contributed by atoms with van der Waals surface area (Å²) in [4.78, 5) is 12.0. The number of benzene rings is 1. The van der Waals surface area contributed by atoms with E-state index in [9.17, 15) is 4.39 Å². The third-order valence-corrected chi connectivity index (χ3v) is 2.21. The number of aromatic nitrogens is 2. The first-order chi connectivity index (χ1) is 9.20. The van der Waals surface area contributed by atoms with Crippen molar-refractivity contribution in [2.75, 3.05) is 12.8 Å². The molecule has 0 amide bonds. The monoisotopic (exact) mass is 262 g/mol. The zero-order valence-electron chi connectivity index (χ0n) is 10.1. The van der Waals surface area contributed by atoms with Gasteiger partial charge in [0.05, 0.1) is 19.5 Å². The average molecular weight is 262 g/mol. The Kier molecular flexibility index (Phi) is 3.87. The molecular weight excluding hydrogens is 251 g/mol. The Morgan fingerprint density at radius 2 is 2.16 bits per heavy atom. The number of methoxy groups -OCH3 is 1. The quantitative estimate of drug-likeness (QED) is 0.668. The molecule has 0 atom stereocenters. The molecular formula is C12H11FN4O2. The number of hydrogen-bond acceptors (Lipinski definition) is 6. The molecule has 0 unspecified atom stereocenters. The number of nitrogens with two attached hydrogens (primary N) is 1. The predicted molar refractivity (Wildman–Crippen MR) is 67.6 cm³/mol. The number of halogens is 1. The Morgan fingerprint density at radius 3 is 2.89 bits per heavy atom. The van der Waals surface area contributed by atoms with Crippen LogP contribution in [0.5, 0.6) is 11.8 Å². The lowest BCUT2D eigenvalue weighted by molar-refractivity contribution is 0.313. The summed E-state index contributed by atoms with van der Waals surface area (Å²) in [6, 6.07) is 7.11. The minimum atomic E-state index is -0.707. The first-order valence-corrected chi connectivity index (χ1v) is 5.32. The van der Waals surface area contributed by atoms with Gasteiger partial charge in [0.2, 0.25) is 0 Å². The van der Waals surface area contributed by atoms with Crippen molar-refractivity contribution in [1.29, 1.82) is 0 Å². The van der Waals surface area contributed by atoms with Gasteiger partial charge in [-0.25, -0.2) is 4.39 Å². The molecule has 2 aromatic rings. The van der Waals surface area contributed by atoms with Gasteiger partial charge in [0.1, 0.15) is 5.75 Å². The van der Waals surface area contributed by atoms with Crippen LogP contribution in [0, 0.1) is 5.82 Å². The lowest BCUT2D eigenvalue weighted by Gasteiger charge is -2.02. The highest BCUT2D eigenvalue weighted by molar-refractivity contribution is 5.83. The van der Waals surface area contributed by atoms with Gasteiger partial charge in [-0.15, -0.1) is 0 Å². The Balaban J connectivity index is 2.09. The number of anilines is 1. The Labute approximate surface area is 108 Å². The fraction of sp³-hybridized carbons (Fsp3) is 0.0833. The molecule has 0 bridgehead atoms. The van der Waals surface area contributed by atoms with Gasteiger partial charge in [0.15, 0.2) is 11.6 Å². The predicted octanol–water partition coefficient (Wildman–Crippen LogP) is 1.62. The fourth-order valence-corrected chi connectivity index (χ4v) is 1.31. The van der Waals surface area contributed by atoms with Gasteiger partial charge >= 0.3 is 6.01 Å². The van der Waals surface area contributed by atoms with Crippen LogP contribution in [-0.4, -0.2) is 23.3 Å². The maximum absolute atomic E-state index is 12.8. The standard InChI is InChI=1S/C12H11FN4O2/c1-18-10-5-3-2-4-8(10)6-16-19-12-15-7-9(13)11(14)17-12/h2-7H,1H3,(H2,14,15,17). The average Bonchev–Trinajstić information content (AvgIpc) is 2.43. The summed E-state index contributed by atoms with van der Waals surface area (Å²) in [5.41, 5.74) is 5.99. The second kappa shape index (κ2) is 5.76. The zero-order valence-corrected chi connectivity index (χ0v) is 10.1. The van der Waals surface area contributed by atoms with Crippen molar-refractivity contribution in [2.45, 2.75) is 0 Å². The number of rotatable bonds is 4. The first-order valence-electron chi connectivity index (χ1n) is 5.32. The Morgan fingerprint density at radius 1 is 1.37 bits per heavy atom. The molecule has 2 N–H and O–H groups in total. The maximum Gasteiger partial charge on any atom is 0.347 e. The lowest BCUT2D eigenvalue weighted by atomic mass is 10.2. The van der Waals surface area contributed by atoms with Crippen molar-refractivity contribution < 1.29 is 14.0 Å². The van der Waals surface area contributed by atoms with Crippen LogP contribution in [-0.2, 0) is 0 Å². The molecule has 0 aliphatic rings. The smallest absolute Gasteiger partial charge is 0.347 e. The van der Waals surface area contributed by atoms with Crippen molar-refractivity contribution in [3.05, 3.63) is 41.8 Å². The Bertz CT molecular complexity index is 604. The third kappa shape index (κ3) is 3.15. The lowest BCUT2D eigenvalue weighted by Crippen LogP contribution is -2.00. The van der Waals surface area contributed by atoms with Crippen LogP contribution in [0.4, 0.5) is 10.2 Å². The molecule has 0 aliphatic carbocycles. The molecule has 0 saturated carbocycles. The van der Waals surface area contributed by atoms with E-state index in [2.05, 4.69) is 15.1 Å². The molecule has 0 aliphatic heterocycles. The van der Waals surface area contributed by atoms with Gasteiger partial charge in [-0.2, -0.15) is 9.97 Å². The van der Waals surface area contributed by atoms with Crippen molar-refractivity contribution in [3.63, 3.8) is 0 Å². The van der Waals surface area contributed by atoms with E-state index in [-0.39, 0.29) is 11.8 Å². The summed E-state index contributed by atoms with van der Waals surface area (Å²) in [5.74, 6) is -0.354. The summed E-state index contributed by atoms with van der Waals surface area (Å²) in [5, 5.41) is 3.68. The summed E-state index contributed by atoms with van der Waals surface area (Å²) < 4.78 is 18.0. The van der Waals surface area contributed by atoms with Crippen molar-refractivity contribution in [1.82, 2.24) is 9.97 Å². The summed E-state index contributed by atoms with van der Waals surface area (Å²) in [7, 11) is 1.55. The van der Waals surface area contributed by atoms with Crippen LogP contribution < -0.4 is 15.3 Å². The highest BCUT2D eigenvalue weighted by Gasteiger charge is 2.03. The van der Waals surface area contributed by atoms with Crippen molar-refractivity contribution in [2.24, 2.45) is 5.16 Å². The van der Waals surface area contributed by atoms with E-state index in [1.54, 1.807) is 19.2 Å². The maximum atomic E-state index is 12.8. The molecule has 1 heterocycles. The van der Waals surface area contributed by atoms with E-state index in [0.29, 0.717) is 5.75 Å². The van der Waals surface area contributed by atoms with E-state index in [1.807, 2.05) is 12.1 Å². The van der Waals surface area contributed by atoms with E-state index in [0.717, 1.165) is 11.8 Å². The van der Waals surface area contributed by atoms with Crippen LogP contribution in [0.25, 0.3) is 0 Å². The topological polar surface area (TPSA) is 82.6 Å². The van der Waals surface area contributed by atoms with Gasteiger partial charge in [-0.3, -0.25) is 0 Å². The minimum Gasteiger partial charge on any atom is -0.496 e. The molecule has 2 rings (SSSR count). The number of oxime groups is 1. The zero-order chi connectivity index (χ0) is 13.7. The molecule has 6 nitrogen and oxygen atoms in total. The fourth-order valence-electron chi connectivity index (χ4n) is 1.31. The van der Waals surface area contributed by atoms with Crippen LogP contribution in [0.3, 0.4) is 0 Å². The second-order valence-corrected chi connectivity index (χ2v) is 3.45. The van der Waals surface area contributed by atoms with Crippen LogP contribution >= 0.6 is 0 Å². The first kappa shape index (κ1) is 12.7. The molecule has 19 heavy (non-hydrogen) atoms. The van der Waals surface area contributed by atoms with Gasteiger partial charge in [-0.1, -0.05) is 17.3 Å². The highest BCUT2D eigenvalue weighted by atomic mass is 19.1. The van der Waals surface area contributed by atoms with E-state index in [1.165, 1.54) is 6.21 Å². The van der Waals surface area contributed by atoms with Gasteiger partial charge in [-0.05, 0) is 12.1 Å². The molecule has 7 heteroatoms. The molecule has 1 aromatic heterocycles. The normalized spacial score (nSPS) is 10.6. The molecule has 98 valence electrons. The molecule has 0 radical (unpaired) electrons. The van der Waals surface area contributed by atoms with Gasteiger partial charge in [0, 0.05) is 5.56 Å². The van der Waals surface area contributed by atoms with E-state index in [4.69, 9.17) is 15.3 Å². The summed E-state index contributed by atoms with van der Waals surface area (Å²) in [6.07, 6.45) is 2.35. The van der Waals surface area contributed by atoms with Crippen LogP contribution in [0.1, 0.15) is 5.56 Å². The number of nitrogen functional groups attached to an aromatic ring is 1. The van der Waals surface area contributed by atoms with E-state index < -0.39 is 5.82 Å². The SMILES string of the molecule is COc1ccccc1C=NOc1ncc(F)c(N)n1. The molecule has 0 saturated heterocycles. The largest absolute Gasteiger partial charge is 0.496 e. The van der Waals surface area contributed by atoms with Gasteiger partial charge in [0.25, 0.3) is 0 Å². The third-order valence-electron chi connectivity index (χ3n) is 2.21. The molecule has 0 spiro atoms. The van der Waals surface area contributed by atoms with Crippen molar-refractivity contribution >= 4 is 12.0 Å². The summed E-state index contributed by atoms with van der Waals surface area (Å²) >= 11 is 0. The highest BCUT2D eigenvalue weighted by Crippen LogP contribution is 2.15. The second-order valence-electron chi connectivity index (χ2n) is 3.45. The number of nitrogens with zero attached hydrogens (tertiary/aromatic N) is 3. The Hall–Kier alpha value is -2.70. The minimum absolute atomic E-state index is 0.134. The number of para-hydroxylation sites is 1. The van der Waals surface area contributed by atoms with Crippen molar-refractivity contribution in [3.8, 4) is 11.8 Å². The number of hydrogen-bond donors (Lipinski definition) is 1. The number of ether oxygens (including phenoxy) is 1. The van der Waals surface area contributed by atoms with E-state index >= 15 is 0 Å². The van der Waals surface area contributed by atoms with Crippen LogP contribution in [0.15, 0.2) is 35.6 Å². The van der Waals surface area contributed by atoms with Gasteiger partial charge < -0.3 is 15.3 Å². The molecule has 0 fully saturated rings. The molecule has 1 aromatic carbocycles.